The molecule has 1 N–H and O–H groups in total. The van der Waals surface area contributed by atoms with Crippen molar-refractivity contribution in [3.8, 4) is 0 Å². The van der Waals surface area contributed by atoms with Crippen LogP contribution >= 0.6 is 0 Å². The molecule has 0 aromatic heterocycles. The number of nitrogens with one attached hydrogen (secondary N) is 1. The summed E-state index contributed by atoms with van der Waals surface area (Å²) < 4.78 is 13.6. The molecule has 2 rings (SSSR count). The van der Waals surface area contributed by atoms with Crippen molar-refractivity contribution in [3.05, 3.63) is 29.1 Å². The normalized spacial score (nSPS) is 18.3. The van der Waals surface area contributed by atoms with Gasteiger partial charge in [0.2, 0.25) is 5.91 Å². The molecule has 1 aromatic carbocycles. The highest BCUT2D eigenvalue weighted by Crippen LogP contribution is 2.38. The van der Waals surface area contributed by atoms with E-state index in [4.69, 9.17) is 0 Å². The Morgan fingerprint density at radius 1 is 1.40 bits per heavy atom. The van der Waals surface area contributed by atoms with Gasteiger partial charge in [-0.25, -0.2) is 4.39 Å². The number of aryl methyl sites for hydroxylation is 1. The summed E-state index contributed by atoms with van der Waals surface area (Å²) in [5.41, 5.74) is 1.83. The average molecular weight is 207 g/mol. The number of anilines is 1. The molecule has 3 heteroatoms. The standard InChI is InChI=1S/C12H14FNO/c1-7-4-8-11(9(13)5-7)14-10(15)6-12(8,2)3/h4-5H,6H2,1-3H3,(H,14,15). The minimum Gasteiger partial charge on any atom is -0.323 e. The quantitative estimate of drug-likeness (QED) is 0.696. The molecule has 80 valence electrons. The SMILES string of the molecule is Cc1cc(F)c2c(c1)C(C)(C)CC(=O)N2. The number of carbonyl (C=O) groups is 1. The molecule has 0 spiro atoms. The molecule has 1 heterocycles. The first-order valence-electron chi connectivity index (χ1n) is 5.00. The fourth-order valence-corrected chi connectivity index (χ4v) is 2.08. The Bertz CT molecular complexity index is 437. The fourth-order valence-electron chi connectivity index (χ4n) is 2.08. The van der Waals surface area contributed by atoms with Crippen LogP contribution in [0.15, 0.2) is 12.1 Å². The first-order chi connectivity index (χ1) is 6.90. The van der Waals surface area contributed by atoms with Gasteiger partial charge in [0.05, 0.1) is 5.69 Å². The largest absolute Gasteiger partial charge is 0.323 e. The van der Waals surface area contributed by atoms with Gasteiger partial charge in [0.15, 0.2) is 0 Å². The summed E-state index contributed by atoms with van der Waals surface area (Å²) in [7, 11) is 0. The molecule has 1 aliphatic heterocycles. The highest BCUT2D eigenvalue weighted by atomic mass is 19.1. The number of benzene rings is 1. The van der Waals surface area contributed by atoms with Crippen LogP contribution in [0.2, 0.25) is 0 Å². The minimum absolute atomic E-state index is 0.116. The van der Waals surface area contributed by atoms with Gasteiger partial charge in [-0.15, -0.1) is 0 Å². The van der Waals surface area contributed by atoms with Crippen molar-refractivity contribution in [1.82, 2.24) is 0 Å². The molecule has 0 aliphatic carbocycles. The van der Waals surface area contributed by atoms with Crippen LogP contribution in [-0.4, -0.2) is 5.91 Å². The van der Waals surface area contributed by atoms with E-state index in [9.17, 15) is 9.18 Å². The Kier molecular flexibility index (Phi) is 2.07. The van der Waals surface area contributed by atoms with Gasteiger partial charge in [-0.2, -0.15) is 0 Å². The summed E-state index contributed by atoms with van der Waals surface area (Å²) in [6, 6.07) is 3.39. The second-order valence-corrected chi connectivity index (χ2v) is 4.78. The maximum absolute atomic E-state index is 13.6. The second-order valence-electron chi connectivity index (χ2n) is 4.78. The Hall–Kier alpha value is -1.38. The zero-order valence-corrected chi connectivity index (χ0v) is 9.15. The summed E-state index contributed by atoms with van der Waals surface area (Å²) in [6.07, 6.45) is 0.406. The second kappa shape index (κ2) is 3.05. The van der Waals surface area contributed by atoms with Gasteiger partial charge in [0, 0.05) is 11.8 Å². The van der Waals surface area contributed by atoms with Crippen LogP contribution in [0.4, 0.5) is 10.1 Å². The first-order valence-corrected chi connectivity index (χ1v) is 5.00. The van der Waals surface area contributed by atoms with Crippen molar-refractivity contribution in [1.29, 1.82) is 0 Å². The van der Waals surface area contributed by atoms with Gasteiger partial charge in [0.1, 0.15) is 5.82 Å². The highest BCUT2D eigenvalue weighted by Gasteiger charge is 2.33. The van der Waals surface area contributed by atoms with Crippen LogP contribution in [0.25, 0.3) is 0 Å². The molecule has 1 aliphatic rings. The van der Waals surface area contributed by atoms with Crippen molar-refractivity contribution >= 4 is 11.6 Å². The lowest BCUT2D eigenvalue weighted by Crippen LogP contribution is -2.33. The lowest BCUT2D eigenvalue weighted by Gasteiger charge is -2.32. The van der Waals surface area contributed by atoms with E-state index in [0.717, 1.165) is 11.1 Å². The third-order valence-electron chi connectivity index (χ3n) is 2.83. The van der Waals surface area contributed by atoms with Crippen LogP contribution < -0.4 is 5.32 Å². The van der Waals surface area contributed by atoms with E-state index in [1.165, 1.54) is 6.07 Å². The van der Waals surface area contributed by atoms with Gasteiger partial charge in [-0.05, 0) is 24.1 Å². The summed E-state index contributed by atoms with van der Waals surface area (Å²) in [4.78, 5) is 11.4. The van der Waals surface area contributed by atoms with Gasteiger partial charge in [0.25, 0.3) is 0 Å². The Morgan fingerprint density at radius 2 is 2.07 bits per heavy atom. The lowest BCUT2D eigenvalue weighted by atomic mass is 9.77. The van der Waals surface area contributed by atoms with Crippen LogP contribution in [0, 0.1) is 12.7 Å². The van der Waals surface area contributed by atoms with E-state index >= 15 is 0 Å². The predicted octanol–water partition coefficient (Wildman–Crippen LogP) is 2.75. The number of halogens is 1. The summed E-state index contributed by atoms with van der Waals surface area (Å²) in [6.45, 7) is 5.78. The van der Waals surface area contributed by atoms with Crippen LogP contribution in [-0.2, 0) is 10.2 Å². The van der Waals surface area contributed by atoms with E-state index in [0.29, 0.717) is 12.1 Å². The number of amides is 1. The van der Waals surface area contributed by atoms with Gasteiger partial charge in [-0.1, -0.05) is 19.9 Å². The molecule has 0 atom stereocenters. The summed E-state index contributed by atoms with van der Waals surface area (Å²) >= 11 is 0. The highest BCUT2D eigenvalue weighted by molar-refractivity contribution is 5.95. The third kappa shape index (κ3) is 1.62. The van der Waals surface area contributed by atoms with Crippen LogP contribution in [0.1, 0.15) is 31.4 Å². The van der Waals surface area contributed by atoms with E-state index in [2.05, 4.69) is 5.32 Å². The topological polar surface area (TPSA) is 29.1 Å². The minimum atomic E-state index is -0.342. The number of hydrogen-bond donors (Lipinski definition) is 1. The smallest absolute Gasteiger partial charge is 0.225 e. The fraction of sp³-hybridized carbons (Fsp3) is 0.417. The van der Waals surface area contributed by atoms with Crippen molar-refractivity contribution in [2.24, 2.45) is 0 Å². The third-order valence-corrected chi connectivity index (χ3v) is 2.83. The van der Waals surface area contributed by atoms with Gasteiger partial charge in [-0.3, -0.25) is 4.79 Å². The van der Waals surface area contributed by atoms with E-state index < -0.39 is 0 Å². The van der Waals surface area contributed by atoms with Crippen LogP contribution in [0.3, 0.4) is 0 Å². The Labute approximate surface area is 88.5 Å². The molecule has 0 unspecified atom stereocenters. The number of carbonyl (C=O) groups excluding carboxylic acids is 1. The molecule has 0 bridgehead atoms. The maximum atomic E-state index is 13.6. The summed E-state index contributed by atoms with van der Waals surface area (Å²) in [5, 5.41) is 2.60. The molecule has 15 heavy (non-hydrogen) atoms. The molecular weight excluding hydrogens is 193 g/mol. The molecule has 0 saturated heterocycles. The molecule has 2 nitrogen and oxygen atoms in total. The predicted molar refractivity (Wildman–Crippen MR) is 57.4 cm³/mol. The monoisotopic (exact) mass is 207 g/mol. The molecule has 0 radical (unpaired) electrons. The first kappa shape index (κ1) is 10.1. The zero-order chi connectivity index (χ0) is 11.2. The molecule has 0 saturated carbocycles. The Balaban J connectivity index is 2.67. The molecular formula is C12H14FNO. The van der Waals surface area contributed by atoms with Gasteiger partial charge >= 0.3 is 0 Å². The van der Waals surface area contributed by atoms with Crippen molar-refractivity contribution < 1.29 is 9.18 Å². The molecule has 0 fully saturated rings. The van der Waals surface area contributed by atoms with Crippen molar-refractivity contribution in [2.75, 3.05) is 5.32 Å². The van der Waals surface area contributed by atoms with Crippen LogP contribution in [0.5, 0.6) is 0 Å². The number of hydrogen-bond acceptors (Lipinski definition) is 1. The van der Waals surface area contributed by atoms with Gasteiger partial charge < -0.3 is 5.32 Å². The summed E-state index contributed by atoms with van der Waals surface area (Å²) in [5.74, 6) is -0.457. The maximum Gasteiger partial charge on any atom is 0.225 e. The number of rotatable bonds is 0. The molecule has 1 aromatic rings. The number of fused-ring (bicyclic) bond motifs is 1. The average Bonchev–Trinajstić information content (AvgIpc) is 2.06. The van der Waals surface area contributed by atoms with Crippen molar-refractivity contribution in [2.45, 2.75) is 32.6 Å². The lowest BCUT2D eigenvalue weighted by molar-refractivity contribution is -0.117. The zero-order valence-electron chi connectivity index (χ0n) is 9.15. The van der Waals surface area contributed by atoms with E-state index in [1.807, 2.05) is 26.8 Å². The van der Waals surface area contributed by atoms with Crippen molar-refractivity contribution in [3.63, 3.8) is 0 Å². The molecule has 1 amide bonds. The van der Waals surface area contributed by atoms with E-state index in [1.54, 1.807) is 0 Å². The van der Waals surface area contributed by atoms with E-state index in [-0.39, 0.29) is 17.1 Å². The Morgan fingerprint density at radius 3 is 2.73 bits per heavy atom.